The average molecular weight is 357 g/mol. The van der Waals surface area contributed by atoms with Gasteiger partial charge >= 0.3 is 26.2 Å². The molecule has 3 radical (unpaired) electrons. The molecule has 0 aliphatic rings. The van der Waals surface area contributed by atoms with Crippen LogP contribution in [0.5, 0.6) is 0 Å². The van der Waals surface area contributed by atoms with Gasteiger partial charge in [0.05, 0.1) is 0 Å². The topological polar surface area (TPSA) is 0 Å². The van der Waals surface area contributed by atoms with Crippen LogP contribution in [0.3, 0.4) is 0 Å². The number of hydrogen-bond donors (Lipinski definition) is 0. The number of rotatable bonds is 0. The Morgan fingerprint density at radius 1 is 1.00 bits per heavy atom. The minimum Gasteiger partial charge on any atom is -0.0125 e. The maximum absolute atomic E-state index is 0. The van der Waals surface area contributed by atoms with E-state index in [-0.39, 0.29) is 71.0 Å². The molecular weight excluding hydrogens is 352 g/mol. The Morgan fingerprint density at radius 2 is 1.00 bits per heavy atom. The van der Waals surface area contributed by atoms with Crippen LogP contribution >= 0.6 is 0 Å². The van der Waals surface area contributed by atoms with Crippen LogP contribution in [-0.4, -0.2) is 37.2 Å². The van der Waals surface area contributed by atoms with Gasteiger partial charge in [0, 0.05) is 33.8 Å². The van der Waals surface area contributed by atoms with Crippen molar-refractivity contribution in [3.8, 4) is 0 Å². The van der Waals surface area contributed by atoms with E-state index in [1.165, 1.54) is 0 Å². The molecule has 0 atom stereocenters. The largest absolute Gasteiger partial charge is 0.0125 e. The van der Waals surface area contributed by atoms with Crippen LogP contribution in [-0.2, 0) is 33.8 Å². The summed E-state index contributed by atoms with van der Waals surface area (Å²) < 4.78 is 0. The van der Waals surface area contributed by atoms with Gasteiger partial charge in [0.1, 0.15) is 0 Å². The molecule has 0 amide bonds. The zero-order valence-electron chi connectivity index (χ0n) is 2.26. The minimum absolute atomic E-state index is 0. The van der Waals surface area contributed by atoms with E-state index >= 15 is 0 Å². The molecule has 4 heteroatoms. The third-order valence-corrected chi connectivity index (χ3v) is 0. The monoisotopic (exact) mass is 357 g/mol. The molecule has 0 spiro atoms. The summed E-state index contributed by atoms with van der Waals surface area (Å²) in [5.41, 5.74) is 0. The first kappa shape index (κ1) is 35.6. The van der Waals surface area contributed by atoms with Crippen molar-refractivity contribution in [2.24, 2.45) is 0 Å². The van der Waals surface area contributed by atoms with Crippen molar-refractivity contribution in [2.75, 3.05) is 0 Å². The van der Waals surface area contributed by atoms with E-state index in [0.717, 1.165) is 0 Å². The standard InChI is InChI=1S/Bi.Co.Fe.H3Si.2H/h;;;1H3;;. The first-order valence-electron chi connectivity index (χ1n) is 0. The van der Waals surface area contributed by atoms with Crippen molar-refractivity contribution in [3.05, 3.63) is 0 Å². The molecule has 0 rings (SSSR count). The molecule has 4 heavy (non-hydrogen) atoms. The molecule has 0 aromatic carbocycles. The van der Waals surface area contributed by atoms with E-state index in [4.69, 9.17) is 0 Å². The molecular formula is H5BiCoFeSi. The molecule has 31 valence electrons. The van der Waals surface area contributed by atoms with Crippen molar-refractivity contribution < 1.29 is 33.8 Å². The molecule has 0 nitrogen and oxygen atoms in total. The van der Waals surface area contributed by atoms with Crippen LogP contribution in [0.15, 0.2) is 0 Å². The molecule has 0 heterocycles. The average Bonchev–Trinajstić information content (AvgIpc) is 0. The SMILES string of the molecule is [BiH2].[Co].[Fe].[SiH3]. The Morgan fingerprint density at radius 3 is 1.00 bits per heavy atom. The van der Waals surface area contributed by atoms with Gasteiger partial charge in [0.2, 0.25) is 0 Å². The fraction of sp³-hybridized carbons (Fsp3) is 0. The van der Waals surface area contributed by atoms with E-state index in [9.17, 15) is 0 Å². The normalized spacial score (nSPS) is 0. The van der Waals surface area contributed by atoms with E-state index < -0.39 is 0 Å². The summed E-state index contributed by atoms with van der Waals surface area (Å²) in [4.78, 5) is 0. The van der Waals surface area contributed by atoms with Crippen LogP contribution in [0, 0.1) is 0 Å². The zero-order valence-corrected chi connectivity index (χ0v) is 10.9. The molecule has 0 aliphatic carbocycles. The van der Waals surface area contributed by atoms with Gasteiger partial charge < -0.3 is 0 Å². The van der Waals surface area contributed by atoms with E-state index in [1.54, 1.807) is 0 Å². The second-order valence-corrected chi connectivity index (χ2v) is 0. The second-order valence-electron chi connectivity index (χ2n) is 0. The summed E-state index contributed by atoms with van der Waals surface area (Å²) in [6.07, 6.45) is 0. The fourth-order valence-corrected chi connectivity index (χ4v) is 0. The molecule has 0 unspecified atom stereocenters. The minimum atomic E-state index is 0. The predicted octanol–water partition coefficient (Wildman–Crippen LogP) is -2.11. The first-order chi connectivity index (χ1) is 0. The van der Waals surface area contributed by atoms with Crippen molar-refractivity contribution in [3.63, 3.8) is 0 Å². The Kier molecular flexibility index (Phi) is 172. The van der Waals surface area contributed by atoms with Gasteiger partial charge in [-0.1, -0.05) is 0 Å². The maximum atomic E-state index is 0. The van der Waals surface area contributed by atoms with Crippen LogP contribution < -0.4 is 0 Å². The van der Waals surface area contributed by atoms with Crippen LogP contribution in [0.2, 0.25) is 0 Å². The van der Waals surface area contributed by atoms with Crippen LogP contribution in [0.25, 0.3) is 0 Å². The van der Waals surface area contributed by atoms with Gasteiger partial charge in [-0.15, -0.1) is 0 Å². The molecule has 0 saturated heterocycles. The summed E-state index contributed by atoms with van der Waals surface area (Å²) in [6.45, 7) is 0. The predicted molar refractivity (Wildman–Crippen MR) is 18.5 cm³/mol. The quantitative estimate of drug-likeness (QED) is 0.436. The molecule has 0 N–H and O–H groups in total. The third kappa shape index (κ3) is 8.92. The summed E-state index contributed by atoms with van der Waals surface area (Å²) >= 11 is 0. The van der Waals surface area contributed by atoms with Gasteiger partial charge in [0.15, 0.2) is 0 Å². The van der Waals surface area contributed by atoms with Crippen LogP contribution in [0.1, 0.15) is 0 Å². The van der Waals surface area contributed by atoms with Gasteiger partial charge in [-0.25, -0.2) is 0 Å². The van der Waals surface area contributed by atoms with Gasteiger partial charge in [-0.05, 0) is 11.0 Å². The molecule has 0 aliphatic heterocycles. The van der Waals surface area contributed by atoms with Gasteiger partial charge in [-0.3, -0.25) is 0 Å². The Bertz CT molecular complexity index is 8.00. The fourth-order valence-electron chi connectivity index (χ4n) is 0. The molecule has 0 fully saturated rings. The van der Waals surface area contributed by atoms with Gasteiger partial charge in [0.25, 0.3) is 0 Å². The van der Waals surface area contributed by atoms with E-state index in [1.807, 2.05) is 0 Å². The molecule has 0 aromatic heterocycles. The summed E-state index contributed by atoms with van der Waals surface area (Å²) in [5.74, 6) is 0. The third-order valence-electron chi connectivity index (χ3n) is 0. The Labute approximate surface area is 70.3 Å². The maximum Gasteiger partial charge on any atom is 0 e. The van der Waals surface area contributed by atoms with Crippen LogP contribution in [0.4, 0.5) is 0 Å². The summed E-state index contributed by atoms with van der Waals surface area (Å²) in [7, 11) is 0. The van der Waals surface area contributed by atoms with Crippen molar-refractivity contribution in [1.29, 1.82) is 0 Å². The smallest absolute Gasteiger partial charge is 0 e. The Balaban J connectivity index is 0. The van der Waals surface area contributed by atoms with Crippen molar-refractivity contribution in [2.45, 2.75) is 0 Å². The molecule has 0 saturated carbocycles. The number of hydrogen-bond acceptors (Lipinski definition) is 0. The van der Waals surface area contributed by atoms with E-state index in [2.05, 4.69) is 0 Å². The van der Waals surface area contributed by atoms with Crippen molar-refractivity contribution in [1.82, 2.24) is 0 Å². The summed E-state index contributed by atoms with van der Waals surface area (Å²) in [5, 5.41) is 0. The van der Waals surface area contributed by atoms with Gasteiger partial charge in [-0.2, -0.15) is 0 Å². The van der Waals surface area contributed by atoms with E-state index in [0.29, 0.717) is 0 Å². The molecule has 0 bridgehead atoms. The first-order valence-corrected chi connectivity index (χ1v) is 0. The van der Waals surface area contributed by atoms with Crippen molar-refractivity contribution >= 4 is 37.2 Å². The molecule has 0 aromatic rings. The Hall–Kier alpha value is 2.13. The summed E-state index contributed by atoms with van der Waals surface area (Å²) in [6, 6.07) is 0. The second kappa shape index (κ2) is 19.3. The zero-order chi connectivity index (χ0) is 0.